The quantitative estimate of drug-likeness (QED) is 0.476. The topological polar surface area (TPSA) is 55.1 Å². The minimum Gasteiger partial charge on any atom is -0.445 e. The van der Waals surface area contributed by atoms with Crippen molar-refractivity contribution >= 4 is 11.6 Å². The molecule has 0 radical (unpaired) electrons. The van der Waals surface area contributed by atoms with Crippen LogP contribution >= 0.6 is 0 Å². The Labute approximate surface area is 165 Å². The minimum atomic E-state index is -0.905. The van der Waals surface area contributed by atoms with Gasteiger partial charge in [-0.3, -0.25) is 4.79 Å². The zero-order valence-corrected chi connectivity index (χ0v) is 15.4. The molecule has 0 aliphatic heterocycles. The van der Waals surface area contributed by atoms with Gasteiger partial charge in [0.05, 0.1) is 6.20 Å². The van der Waals surface area contributed by atoms with Crippen LogP contribution < -0.4 is 5.32 Å². The van der Waals surface area contributed by atoms with E-state index in [9.17, 15) is 13.6 Å². The lowest BCUT2D eigenvalue weighted by Gasteiger charge is -2.10. The van der Waals surface area contributed by atoms with Crippen LogP contribution in [0.25, 0.3) is 22.6 Å². The fraction of sp³-hybridized carbons (Fsp3) is 0.0435. The molecule has 0 spiro atoms. The number of oxazole rings is 1. The molecule has 144 valence electrons. The number of aromatic nitrogens is 1. The van der Waals surface area contributed by atoms with Crippen LogP contribution in [0.2, 0.25) is 0 Å². The molecule has 3 aromatic carbocycles. The molecule has 1 N–H and O–H groups in total. The molecule has 0 saturated heterocycles. The largest absolute Gasteiger partial charge is 0.445 e. The van der Waals surface area contributed by atoms with E-state index in [1.165, 1.54) is 12.3 Å². The van der Waals surface area contributed by atoms with E-state index >= 15 is 0 Å². The van der Waals surface area contributed by atoms with Gasteiger partial charge in [0, 0.05) is 11.3 Å². The lowest BCUT2D eigenvalue weighted by Crippen LogP contribution is -2.15. The van der Waals surface area contributed by atoms with Crippen molar-refractivity contribution in [1.29, 1.82) is 0 Å². The summed E-state index contributed by atoms with van der Waals surface area (Å²) in [7, 11) is 0. The van der Waals surface area contributed by atoms with Crippen molar-refractivity contribution in [2.75, 3.05) is 5.32 Å². The first-order chi connectivity index (χ1) is 14.0. The number of rotatable bonds is 4. The average molecular weight is 390 g/mol. The van der Waals surface area contributed by atoms with Crippen LogP contribution in [-0.4, -0.2) is 10.9 Å². The van der Waals surface area contributed by atoms with Crippen LogP contribution in [0.1, 0.15) is 15.9 Å². The summed E-state index contributed by atoms with van der Waals surface area (Å²) in [6, 6.07) is 16.2. The third-order valence-electron chi connectivity index (χ3n) is 4.56. The maximum Gasteiger partial charge on any atom is 0.261 e. The summed E-state index contributed by atoms with van der Waals surface area (Å²) in [5.41, 5.74) is 3.65. The van der Waals surface area contributed by atoms with Crippen LogP contribution in [0.5, 0.6) is 0 Å². The fourth-order valence-electron chi connectivity index (χ4n) is 3.07. The summed E-state index contributed by atoms with van der Waals surface area (Å²) in [5.74, 6) is -2.12. The van der Waals surface area contributed by atoms with Gasteiger partial charge in [0.2, 0.25) is 5.89 Å². The Balaban J connectivity index is 1.59. The Morgan fingerprint density at radius 1 is 0.966 bits per heavy atom. The maximum absolute atomic E-state index is 13.8. The smallest absolute Gasteiger partial charge is 0.261 e. The van der Waals surface area contributed by atoms with E-state index in [0.29, 0.717) is 11.6 Å². The first-order valence-corrected chi connectivity index (χ1v) is 8.89. The fourth-order valence-corrected chi connectivity index (χ4v) is 3.07. The van der Waals surface area contributed by atoms with Gasteiger partial charge >= 0.3 is 0 Å². The van der Waals surface area contributed by atoms with Gasteiger partial charge in [0.25, 0.3) is 5.91 Å². The van der Waals surface area contributed by atoms with Gasteiger partial charge in [-0.05, 0) is 60.0 Å². The van der Waals surface area contributed by atoms with Gasteiger partial charge < -0.3 is 9.73 Å². The third kappa shape index (κ3) is 3.78. The monoisotopic (exact) mass is 390 g/mol. The normalized spacial score (nSPS) is 10.7. The molecule has 0 aliphatic rings. The van der Waals surface area contributed by atoms with Crippen molar-refractivity contribution in [2.24, 2.45) is 0 Å². The minimum absolute atomic E-state index is 0.433. The number of halogens is 2. The van der Waals surface area contributed by atoms with Crippen LogP contribution in [0.4, 0.5) is 14.5 Å². The standard InChI is InChI=1S/C23H16F2N2O2/c1-14-5-6-16(23-26-11-12-29-23)13-18(14)15-7-9-17(10-8-15)27-22(28)21-19(24)3-2-4-20(21)25/h2-13H,1H3,(H,27,28). The predicted octanol–water partition coefficient (Wildman–Crippen LogP) is 5.85. The Bertz CT molecular complexity index is 1150. The number of hydrogen-bond donors (Lipinski definition) is 1. The highest BCUT2D eigenvalue weighted by molar-refractivity contribution is 6.04. The van der Waals surface area contributed by atoms with Crippen LogP contribution in [0.15, 0.2) is 77.5 Å². The van der Waals surface area contributed by atoms with E-state index in [-0.39, 0.29) is 0 Å². The van der Waals surface area contributed by atoms with Gasteiger partial charge in [-0.2, -0.15) is 0 Å². The molecule has 4 rings (SSSR count). The molecule has 0 unspecified atom stereocenters. The molecule has 0 atom stereocenters. The van der Waals surface area contributed by atoms with E-state index in [2.05, 4.69) is 10.3 Å². The number of amides is 1. The highest BCUT2D eigenvalue weighted by Crippen LogP contribution is 2.29. The first kappa shape index (κ1) is 18.6. The number of carbonyl (C=O) groups excluding carboxylic acids is 1. The number of benzene rings is 3. The number of anilines is 1. The molecule has 1 heterocycles. The van der Waals surface area contributed by atoms with Gasteiger partial charge in [-0.15, -0.1) is 0 Å². The van der Waals surface area contributed by atoms with Crippen molar-refractivity contribution < 1.29 is 18.0 Å². The Morgan fingerprint density at radius 2 is 1.66 bits per heavy atom. The van der Waals surface area contributed by atoms with Gasteiger partial charge in [-0.25, -0.2) is 13.8 Å². The van der Waals surface area contributed by atoms with Gasteiger partial charge in [0.1, 0.15) is 23.5 Å². The van der Waals surface area contributed by atoms with Crippen molar-refractivity contribution in [3.8, 4) is 22.6 Å². The van der Waals surface area contributed by atoms with Crippen molar-refractivity contribution in [2.45, 2.75) is 6.92 Å². The Hall–Kier alpha value is -3.80. The lowest BCUT2D eigenvalue weighted by molar-refractivity contribution is 0.101. The molecule has 1 aromatic heterocycles. The molecule has 0 fully saturated rings. The van der Waals surface area contributed by atoms with Crippen LogP contribution in [-0.2, 0) is 0 Å². The summed E-state index contributed by atoms with van der Waals surface area (Å²) in [5, 5.41) is 2.52. The number of hydrogen-bond acceptors (Lipinski definition) is 3. The number of aryl methyl sites for hydroxylation is 1. The average Bonchev–Trinajstić information content (AvgIpc) is 3.24. The SMILES string of the molecule is Cc1ccc(-c2ncco2)cc1-c1ccc(NC(=O)c2c(F)cccc2F)cc1. The summed E-state index contributed by atoms with van der Waals surface area (Å²) >= 11 is 0. The van der Waals surface area contributed by atoms with Gasteiger partial charge in [-0.1, -0.05) is 24.3 Å². The number of nitrogens with one attached hydrogen (secondary N) is 1. The summed E-state index contributed by atoms with van der Waals surface area (Å²) < 4.78 is 32.9. The highest BCUT2D eigenvalue weighted by Gasteiger charge is 2.17. The molecule has 1 amide bonds. The van der Waals surface area contributed by atoms with Crippen LogP contribution in [0.3, 0.4) is 0 Å². The van der Waals surface area contributed by atoms with Gasteiger partial charge in [0.15, 0.2) is 0 Å². The molecular formula is C23H16F2N2O2. The highest BCUT2D eigenvalue weighted by atomic mass is 19.1. The first-order valence-electron chi connectivity index (χ1n) is 8.89. The molecule has 0 saturated carbocycles. The predicted molar refractivity (Wildman–Crippen MR) is 106 cm³/mol. The van der Waals surface area contributed by atoms with Crippen molar-refractivity contribution in [3.63, 3.8) is 0 Å². The molecule has 29 heavy (non-hydrogen) atoms. The number of carbonyl (C=O) groups is 1. The summed E-state index contributed by atoms with van der Waals surface area (Å²) in [6.07, 6.45) is 3.11. The van der Waals surface area contributed by atoms with E-state index < -0.39 is 23.1 Å². The molecule has 4 aromatic rings. The third-order valence-corrected chi connectivity index (χ3v) is 4.56. The van der Waals surface area contributed by atoms with E-state index in [1.54, 1.807) is 18.3 Å². The molecule has 6 heteroatoms. The molecule has 0 aliphatic carbocycles. The molecule has 0 bridgehead atoms. The van der Waals surface area contributed by atoms with Crippen molar-refractivity contribution in [3.05, 3.63) is 95.9 Å². The zero-order valence-electron chi connectivity index (χ0n) is 15.4. The second-order valence-corrected chi connectivity index (χ2v) is 6.50. The Morgan fingerprint density at radius 3 is 2.31 bits per heavy atom. The second kappa shape index (κ2) is 7.67. The summed E-state index contributed by atoms with van der Waals surface area (Å²) in [4.78, 5) is 16.4. The lowest BCUT2D eigenvalue weighted by atomic mass is 9.98. The Kier molecular flexibility index (Phi) is 4.91. The molecular weight excluding hydrogens is 374 g/mol. The number of nitrogens with zero attached hydrogens (tertiary/aromatic N) is 1. The van der Waals surface area contributed by atoms with E-state index in [0.717, 1.165) is 34.4 Å². The van der Waals surface area contributed by atoms with E-state index in [1.807, 2.05) is 37.3 Å². The maximum atomic E-state index is 13.8. The molecule has 4 nitrogen and oxygen atoms in total. The zero-order chi connectivity index (χ0) is 20.4. The van der Waals surface area contributed by atoms with Crippen LogP contribution in [0, 0.1) is 18.6 Å². The second-order valence-electron chi connectivity index (χ2n) is 6.50. The van der Waals surface area contributed by atoms with E-state index in [4.69, 9.17) is 4.42 Å². The summed E-state index contributed by atoms with van der Waals surface area (Å²) in [6.45, 7) is 1.99. The van der Waals surface area contributed by atoms with Crippen molar-refractivity contribution in [1.82, 2.24) is 4.98 Å².